The fraction of sp³-hybridized carbons (Fsp3) is 0.929. The fourth-order valence-corrected chi connectivity index (χ4v) is 3.87. The van der Waals surface area contributed by atoms with E-state index in [0.717, 1.165) is 45.3 Å². The zero-order valence-corrected chi connectivity index (χ0v) is 11.0. The van der Waals surface area contributed by atoms with Crippen LogP contribution in [-0.4, -0.2) is 47.7 Å². The summed E-state index contributed by atoms with van der Waals surface area (Å²) in [4.78, 5) is 14.5. The van der Waals surface area contributed by atoms with E-state index in [1.165, 1.54) is 12.8 Å². The maximum atomic E-state index is 12.5. The molecule has 4 nitrogen and oxygen atoms in total. The number of carbonyl (C=O) groups excluding carboxylic acids is 1. The second kappa shape index (κ2) is 5.17. The Morgan fingerprint density at radius 3 is 2.39 bits per heavy atom. The largest absolute Gasteiger partial charge is 0.392 e. The van der Waals surface area contributed by atoms with Gasteiger partial charge in [-0.3, -0.25) is 4.79 Å². The summed E-state index contributed by atoms with van der Waals surface area (Å²) in [6, 6.07) is 0.0368. The molecule has 1 saturated carbocycles. The van der Waals surface area contributed by atoms with Gasteiger partial charge >= 0.3 is 0 Å². The fourth-order valence-electron chi connectivity index (χ4n) is 3.87. The minimum atomic E-state index is -0.165. The van der Waals surface area contributed by atoms with Crippen molar-refractivity contribution in [3.8, 4) is 0 Å². The molecule has 1 amide bonds. The van der Waals surface area contributed by atoms with Gasteiger partial charge in [-0.15, -0.1) is 0 Å². The first-order chi connectivity index (χ1) is 8.75. The molecule has 2 bridgehead atoms. The number of hydrogen-bond donors (Lipinski definition) is 2. The van der Waals surface area contributed by atoms with E-state index in [1.807, 2.05) is 4.90 Å². The predicted molar refractivity (Wildman–Crippen MR) is 69.1 cm³/mol. The molecule has 3 atom stereocenters. The number of fused-ring (bicyclic) bond motifs is 2. The summed E-state index contributed by atoms with van der Waals surface area (Å²) in [6.07, 6.45) is 6.55. The zero-order valence-electron chi connectivity index (χ0n) is 11.0. The first kappa shape index (κ1) is 12.4. The van der Waals surface area contributed by atoms with Crippen LogP contribution >= 0.6 is 0 Å². The van der Waals surface area contributed by atoms with Gasteiger partial charge in [-0.1, -0.05) is 12.8 Å². The number of aliphatic hydroxyl groups excluding tert-OH is 1. The molecule has 2 saturated heterocycles. The second-order valence-corrected chi connectivity index (χ2v) is 6.19. The smallest absolute Gasteiger partial charge is 0.239 e. The van der Waals surface area contributed by atoms with Crippen LogP contribution in [0.1, 0.15) is 38.5 Å². The van der Waals surface area contributed by atoms with Gasteiger partial charge in [0, 0.05) is 24.9 Å². The van der Waals surface area contributed by atoms with Crippen molar-refractivity contribution in [3.05, 3.63) is 0 Å². The number of likely N-dealkylation sites (tertiary alicyclic amines) is 1. The summed E-state index contributed by atoms with van der Waals surface area (Å²) in [7, 11) is 0. The Morgan fingerprint density at radius 2 is 1.78 bits per heavy atom. The van der Waals surface area contributed by atoms with Gasteiger partial charge in [-0.05, 0) is 32.2 Å². The Labute approximate surface area is 109 Å². The average molecular weight is 252 g/mol. The highest BCUT2D eigenvalue weighted by Gasteiger charge is 2.41. The van der Waals surface area contributed by atoms with E-state index in [4.69, 9.17) is 0 Å². The van der Waals surface area contributed by atoms with Crippen LogP contribution in [-0.2, 0) is 4.79 Å². The summed E-state index contributed by atoms with van der Waals surface area (Å²) in [5.74, 6) is 0.925. The third kappa shape index (κ3) is 2.28. The molecule has 2 heterocycles. The SMILES string of the molecule is O=C([C@@H]1CCCCN1)N1CC2CCCC(C1)C2O. The second-order valence-electron chi connectivity index (χ2n) is 6.19. The Morgan fingerprint density at radius 1 is 1.06 bits per heavy atom. The van der Waals surface area contributed by atoms with Crippen LogP contribution in [0.2, 0.25) is 0 Å². The molecule has 3 fully saturated rings. The van der Waals surface area contributed by atoms with Crippen molar-refractivity contribution >= 4 is 5.91 Å². The molecule has 2 N–H and O–H groups in total. The van der Waals surface area contributed by atoms with Gasteiger partial charge in [0.15, 0.2) is 0 Å². The maximum Gasteiger partial charge on any atom is 0.239 e. The zero-order chi connectivity index (χ0) is 12.5. The quantitative estimate of drug-likeness (QED) is 0.724. The molecule has 0 radical (unpaired) electrons. The maximum absolute atomic E-state index is 12.5. The number of aliphatic hydroxyl groups is 1. The monoisotopic (exact) mass is 252 g/mol. The lowest BCUT2D eigenvalue weighted by molar-refractivity contribution is -0.142. The van der Waals surface area contributed by atoms with Gasteiger partial charge in [-0.2, -0.15) is 0 Å². The first-order valence-electron chi connectivity index (χ1n) is 7.46. The first-order valence-corrected chi connectivity index (χ1v) is 7.46. The van der Waals surface area contributed by atoms with Gasteiger partial charge in [0.1, 0.15) is 0 Å². The van der Waals surface area contributed by atoms with E-state index in [0.29, 0.717) is 11.8 Å². The van der Waals surface area contributed by atoms with Crippen molar-refractivity contribution in [3.63, 3.8) is 0 Å². The van der Waals surface area contributed by atoms with Crippen LogP contribution in [0.25, 0.3) is 0 Å². The van der Waals surface area contributed by atoms with E-state index in [1.54, 1.807) is 0 Å². The van der Waals surface area contributed by atoms with Crippen LogP contribution in [0.5, 0.6) is 0 Å². The van der Waals surface area contributed by atoms with Gasteiger partial charge in [-0.25, -0.2) is 0 Å². The number of nitrogens with one attached hydrogen (secondary N) is 1. The van der Waals surface area contributed by atoms with Crippen molar-refractivity contribution in [2.75, 3.05) is 19.6 Å². The molecule has 0 spiro atoms. The standard InChI is InChI=1S/C14H24N2O2/c17-13-10-4-3-5-11(13)9-16(8-10)14(18)12-6-1-2-7-15-12/h10-13,15,17H,1-9H2/t10?,11?,12-,13?/m0/s1. The number of rotatable bonds is 1. The molecule has 0 aromatic heterocycles. The van der Waals surface area contributed by atoms with Crippen molar-refractivity contribution < 1.29 is 9.90 Å². The van der Waals surface area contributed by atoms with Crippen LogP contribution in [0, 0.1) is 11.8 Å². The van der Waals surface area contributed by atoms with Gasteiger partial charge < -0.3 is 15.3 Å². The van der Waals surface area contributed by atoms with E-state index < -0.39 is 0 Å². The molecule has 0 aromatic rings. The van der Waals surface area contributed by atoms with Crippen molar-refractivity contribution in [1.29, 1.82) is 0 Å². The molecule has 3 aliphatic rings. The minimum Gasteiger partial charge on any atom is -0.392 e. The van der Waals surface area contributed by atoms with Crippen LogP contribution < -0.4 is 5.32 Å². The topological polar surface area (TPSA) is 52.6 Å². The molecule has 18 heavy (non-hydrogen) atoms. The highest BCUT2D eigenvalue weighted by molar-refractivity contribution is 5.82. The summed E-state index contributed by atoms with van der Waals surface area (Å²) in [5.41, 5.74) is 0. The Bertz CT molecular complexity index is 301. The minimum absolute atomic E-state index is 0.0368. The number of amides is 1. The molecule has 0 aromatic carbocycles. The third-order valence-electron chi connectivity index (χ3n) is 4.95. The van der Waals surface area contributed by atoms with Gasteiger partial charge in [0.25, 0.3) is 0 Å². The van der Waals surface area contributed by atoms with Crippen LogP contribution in [0.3, 0.4) is 0 Å². The Kier molecular flexibility index (Phi) is 3.57. The molecule has 3 rings (SSSR count). The lowest BCUT2D eigenvalue weighted by Gasteiger charge is -2.46. The number of piperidine rings is 2. The van der Waals surface area contributed by atoms with Crippen LogP contribution in [0.4, 0.5) is 0 Å². The van der Waals surface area contributed by atoms with E-state index in [-0.39, 0.29) is 18.1 Å². The van der Waals surface area contributed by atoms with Gasteiger partial charge in [0.05, 0.1) is 12.1 Å². The van der Waals surface area contributed by atoms with Crippen molar-refractivity contribution in [2.45, 2.75) is 50.7 Å². The molecule has 4 heteroatoms. The van der Waals surface area contributed by atoms with E-state index >= 15 is 0 Å². The summed E-state index contributed by atoms with van der Waals surface area (Å²) >= 11 is 0. The van der Waals surface area contributed by atoms with Crippen LogP contribution in [0.15, 0.2) is 0 Å². The number of nitrogens with zero attached hydrogens (tertiary/aromatic N) is 1. The summed E-state index contributed by atoms with van der Waals surface area (Å²) in [5, 5.41) is 13.5. The lowest BCUT2D eigenvalue weighted by atomic mass is 9.75. The normalized spacial score (nSPS) is 40.6. The molecule has 1 aliphatic carbocycles. The van der Waals surface area contributed by atoms with Gasteiger partial charge in [0.2, 0.25) is 5.91 Å². The average Bonchev–Trinajstić information content (AvgIpc) is 2.38. The molecule has 2 unspecified atom stereocenters. The molecule has 2 aliphatic heterocycles. The lowest BCUT2D eigenvalue weighted by Crippen LogP contribution is -2.57. The Hall–Kier alpha value is -0.610. The Balaban J connectivity index is 1.64. The summed E-state index contributed by atoms with van der Waals surface area (Å²) in [6.45, 7) is 2.52. The number of hydrogen-bond acceptors (Lipinski definition) is 3. The predicted octanol–water partition coefficient (Wildman–Crippen LogP) is 0.748. The summed E-state index contributed by atoms with van der Waals surface area (Å²) < 4.78 is 0. The van der Waals surface area contributed by atoms with E-state index in [2.05, 4.69) is 5.32 Å². The van der Waals surface area contributed by atoms with E-state index in [9.17, 15) is 9.90 Å². The number of carbonyl (C=O) groups is 1. The molecular formula is C14H24N2O2. The molecule has 102 valence electrons. The third-order valence-corrected chi connectivity index (χ3v) is 4.95. The van der Waals surface area contributed by atoms with Crippen molar-refractivity contribution in [2.24, 2.45) is 11.8 Å². The highest BCUT2D eigenvalue weighted by atomic mass is 16.3. The molecular weight excluding hydrogens is 228 g/mol. The van der Waals surface area contributed by atoms with Crippen molar-refractivity contribution in [1.82, 2.24) is 10.2 Å². The highest BCUT2D eigenvalue weighted by Crippen LogP contribution is 2.35.